The molecule has 0 aliphatic carbocycles. The molecule has 0 aromatic heterocycles. The predicted octanol–water partition coefficient (Wildman–Crippen LogP) is 2.68. The van der Waals surface area contributed by atoms with Gasteiger partial charge in [0.2, 0.25) is 0 Å². The molecule has 17 heavy (non-hydrogen) atoms. The maximum atomic E-state index is 10.6. The maximum Gasteiger partial charge on any atom is 0.195 e. The summed E-state index contributed by atoms with van der Waals surface area (Å²) >= 11 is 0. The van der Waals surface area contributed by atoms with Gasteiger partial charge in [0, 0.05) is 6.42 Å². The Morgan fingerprint density at radius 3 is 2.65 bits per heavy atom. The average molecular weight is 230 g/mol. The molecule has 1 aromatic carbocycles. The van der Waals surface area contributed by atoms with E-state index in [1.807, 2.05) is 36.4 Å². The summed E-state index contributed by atoms with van der Waals surface area (Å²) < 4.78 is 5.30. The van der Waals surface area contributed by atoms with Crippen LogP contribution in [0.3, 0.4) is 0 Å². The first-order chi connectivity index (χ1) is 8.33. The number of carbonyl (C=O) groups excluding carboxylic acids is 2. The van der Waals surface area contributed by atoms with E-state index >= 15 is 0 Å². The average Bonchev–Trinajstić information content (AvgIpc) is 2.38. The Labute approximate surface area is 100 Å². The molecule has 1 rings (SSSR count). The summed E-state index contributed by atoms with van der Waals surface area (Å²) in [6, 6.07) is 9.42. The van der Waals surface area contributed by atoms with Crippen molar-refractivity contribution in [1.29, 1.82) is 0 Å². The summed E-state index contributed by atoms with van der Waals surface area (Å²) in [6.07, 6.45) is 8.06. The molecule has 0 N–H and O–H groups in total. The molecule has 0 spiro atoms. The van der Waals surface area contributed by atoms with Gasteiger partial charge in [-0.15, -0.1) is 0 Å². The summed E-state index contributed by atoms with van der Waals surface area (Å²) in [7, 11) is 0. The molecular weight excluding hydrogens is 216 g/mol. The van der Waals surface area contributed by atoms with Gasteiger partial charge >= 0.3 is 0 Å². The first-order valence-electron chi connectivity index (χ1n) is 5.34. The first kappa shape index (κ1) is 12.9. The first-order valence-corrected chi connectivity index (χ1v) is 5.34. The molecule has 0 unspecified atom stereocenters. The van der Waals surface area contributed by atoms with Gasteiger partial charge in [0.1, 0.15) is 5.75 Å². The van der Waals surface area contributed by atoms with Crippen molar-refractivity contribution in [2.75, 3.05) is 0 Å². The monoisotopic (exact) mass is 230 g/mol. The van der Waals surface area contributed by atoms with E-state index in [0.29, 0.717) is 12.7 Å². The molecule has 0 heterocycles. The number of hydrogen-bond donors (Lipinski definition) is 0. The van der Waals surface area contributed by atoms with Crippen LogP contribution >= 0.6 is 0 Å². The molecule has 0 bridgehead atoms. The van der Waals surface area contributed by atoms with Crippen molar-refractivity contribution < 1.29 is 14.3 Å². The van der Waals surface area contributed by atoms with Crippen LogP contribution in [0.25, 0.3) is 0 Å². The minimum absolute atomic E-state index is 0.257. The number of ether oxygens (including phenoxy) is 1. The third-order valence-corrected chi connectivity index (χ3v) is 1.96. The third-order valence-electron chi connectivity index (χ3n) is 1.96. The van der Waals surface area contributed by atoms with Crippen molar-refractivity contribution in [3.63, 3.8) is 0 Å². The minimum Gasteiger partial charge on any atom is -0.465 e. The van der Waals surface area contributed by atoms with Crippen LogP contribution in [0.5, 0.6) is 5.75 Å². The zero-order valence-corrected chi connectivity index (χ0v) is 9.41. The zero-order chi connectivity index (χ0) is 12.3. The standard InChI is InChI=1S/C14H14O3/c15-12-13(16)8-4-1-2-7-11-17-14-9-5-3-6-10-14/h1-3,5-7,9-12H,4,8H2. The number of para-hydroxylation sites is 1. The topological polar surface area (TPSA) is 43.4 Å². The van der Waals surface area contributed by atoms with E-state index in [4.69, 9.17) is 4.74 Å². The number of hydrogen-bond acceptors (Lipinski definition) is 3. The number of allylic oxidation sites excluding steroid dienone is 3. The molecule has 3 heteroatoms. The van der Waals surface area contributed by atoms with Crippen LogP contribution in [0.15, 0.2) is 54.8 Å². The summed E-state index contributed by atoms with van der Waals surface area (Å²) in [5, 5.41) is 0. The molecular formula is C14H14O3. The van der Waals surface area contributed by atoms with Crippen molar-refractivity contribution in [2.24, 2.45) is 0 Å². The summed E-state index contributed by atoms with van der Waals surface area (Å²) in [6.45, 7) is 0. The van der Waals surface area contributed by atoms with Gasteiger partial charge in [-0.3, -0.25) is 9.59 Å². The summed E-state index contributed by atoms with van der Waals surface area (Å²) in [5.74, 6) is 0.396. The molecule has 0 amide bonds. The predicted molar refractivity (Wildman–Crippen MR) is 65.7 cm³/mol. The van der Waals surface area contributed by atoms with Gasteiger partial charge in [0.25, 0.3) is 0 Å². The van der Waals surface area contributed by atoms with Crippen molar-refractivity contribution in [3.8, 4) is 5.75 Å². The van der Waals surface area contributed by atoms with Crippen LogP contribution in [0.1, 0.15) is 12.8 Å². The number of ketones is 1. The molecule has 0 saturated heterocycles. The lowest BCUT2D eigenvalue weighted by Crippen LogP contribution is -1.96. The minimum atomic E-state index is -0.376. The van der Waals surface area contributed by atoms with E-state index in [9.17, 15) is 9.59 Å². The number of carbonyl (C=O) groups is 2. The van der Waals surface area contributed by atoms with Crippen molar-refractivity contribution >= 4 is 12.1 Å². The van der Waals surface area contributed by atoms with Crippen LogP contribution in [0.4, 0.5) is 0 Å². The lowest BCUT2D eigenvalue weighted by Gasteiger charge is -1.96. The molecule has 0 atom stereocenters. The highest BCUT2D eigenvalue weighted by atomic mass is 16.5. The molecule has 0 saturated carbocycles. The Bertz CT molecular complexity index is 405. The van der Waals surface area contributed by atoms with E-state index in [-0.39, 0.29) is 12.2 Å². The third kappa shape index (κ3) is 6.10. The fraction of sp³-hybridized carbons (Fsp3) is 0.143. The second kappa shape index (κ2) is 8.05. The Kier molecular flexibility index (Phi) is 6.11. The van der Waals surface area contributed by atoms with Gasteiger partial charge in [-0.05, 0) is 24.6 Å². The largest absolute Gasteiger partial charge is 0.465 e. The quantitative estimate of drug-likeness (QED) is 0.313. The molecule has 0 radical (unpaired) electrons. The summed E-state index contributed by atoms with van der Waals surface area (Å²) in [4.78, 5) is 20.7. The zero-order valence-electron chi connectivity index (χ0n) is 9.41. The molecule has 88 valence electrons. The molecule has 0 aliphatic rings. The Balaban J connectivity index is 2.20. The van der Waals surface area contributed by atoms with Crippen LogP contribution in [0.2, 0.25) is 0 Å². The van der Waals surface area contributed by atoms with Gasteiger partial charge in [-0.2, -0.15) is 0 Å². The van der Waals surface area contributed by atoms with Crippen molar-refractivity contribution in [3.05, 3.63) is 54.8 Å². The van der Waals surface area contributed by atoms with Crippen molar-refractivity contribution in [2.45, 2.75) is 12.8 Å². The fourth-order valence-electron chi connectivity index (χ4n) is 1.12. The number of benzene rings is 1. The van der Waals surface area contributed by atoms with Gasteiger partial charge < -0.3 is 4.74 Å². The van der Waals surface area contributed by atoms with Crippen LogP contribution in [-0.2, 0) is 9.59 Å². The van der Waals surface area contributed by atoms with Gasteiger partial charge in [0.15, 0.2) is 12.1 Å². The molecule has 0 aliphatic heterocycles. The van der Waals surface area contributed by atoms with E-state index in [2.05, 4.69) is 0 Å². The molecule has 3 nitrogen and oxygen atoms in total. The van der Waals surface area contributed by atoms with Crippen LogP contribution in [0, 0.1) is 0 Å². The van der Waals surface area contributed by atoms with E-state index < -0.39 is 0 Å². The van der Waals surface area contributed by atoms with E-state index in [1.165, 1.54) is 0 Å². The Morgan fingerprint density at radius 1 is 1.18 bits per heavy atom. The summed E-state index contributed by atoms with van der Waals surface area (Å²) in [5.41, 5.74) is 0. The lowest BCUT2D eigenvalue weighted by atomic mass is 10.2. The Hall–Kier alpha value is -2.16. The van der Waals surface area contributed by atoms with Crippen LogP contribution in [-0.4, -0.2) is 12.1 Å². The highest BCUT2D eigenvalue weighted by molar-refractivity contribution is 6.24. The molecule has 1 aromatic rings. The van der Waals surface area contributed by atoms with Gasteiger partial charge in [-0.1, -0.05) is 30.4 Å². The van der Waals surface area contributed by atoms with Gasteiger partial charge in [-0.25, -0.2) is 0 Å². The second-order valence-electron chi connectivity index (χ2n) is 3.31. The Morgan fingerprint density at radius 2 is 1.94 bits per heavy atom. The number of aldehydes is 1. The SMILES string of the molecule is O=CC(=O)CCC=CC=COc1ccccc1. The second-order valence-corrected chi connectivity index (χ2v) is 3.31. The highest BCUT2D eigenvalue weighted by Gasteiger charge is 1.94. The van der Waals surface area contributed by atoms with E-state index in [1.54, 1.807) is 18.4 Å². The molecule has 0 fully saturated rings. The van der Waals surface area contributed by atoms with Crippen molar-refractivity contribution in [1.82, 2.24) is 0 Å². The normalized spacial score (nSPS) is 10.8. The fourth-order valence-corrected chi connectivity index (χ4v) is 1.12. The number of Topliss-reactive ketones (excluding diaryl/α,β-unsaturated/α-hetero) is 1. The van der Waals surface area contributed by atoms with E-state index in [0.717, 1.165) is 5.75 Å². The number of rotatable bonds is 7. The highest BCUT2D eigenvalue weighted by Crippen LogP contribution is 2.08. The van der Waals surface area contributed by atoms with Gasteiger partial charge in [0.05, 0.1) is 6.26 Å². The lowest BCUT2D eigenvalue weighted by molar-refractivity contribution is -0.129. The van der Waals surface area contributed by atoms with Crippen LogP contribution < -0.4 is 4.74 Å². The maximum absolute atomic E-state index is 10.6. The smallest absolute Gasteiger partial charge is 0.195 e.